The number of nitrogens with zero attached hydrogens (tertiary/aromatic N) is 3. The molecule has 1 aliphatic carbocycles. The average Bonchev–Trinajstić information content (AvgIpc) is 3.06. The molecule has 0 radical (unpaired) electrons. The number of carbonyl (C=O) groups is 1. The number of aliphatic carboxylic acids is 1. The fraction of sp³-hybridized carbons (Fsp3) is 0.462. The van der Waals surface area contributed by atoms with Crippen molar-refractivity contribution in [3.63, 3.8) is 0 Å². The van der Waals surface area contributed by atoms with E-state index in [4.69, 9.17) is 5.11 Å². The van der Waals surface area contributed by atoms with Crippen molar-refractivity contribution >= 4 is 33.3 Å². The first-order valence-corrected chi connectivity index (χ1v) is 7.13. The number of hydrogen-bond acceptors (Lipinski definition) is 5. The van der Waals surface area contributed by atoms with Gasteiger partial charge in [0.05, 0.1) is 5.39 Å². The summed E-state index contributed by atoms with van der Waals surface area (Å²) in [7, 11) is 0. The van der Waals surface area contributed by atoms with Crippen molar-refractivity contribution in [1.82, 2.24) is 9.97 Å². The number of rotatable bonds is 5. The van der Waals surface area contributed by atoms with Gasteiger partial charge in [-0.15, -0.1) is 11.3 Å². The molecule has 2 heterocycles. The van der Waals surface area contributed by atoms with Gasteiger partial charge in [0.1, 0.15) is 23.5 Å². The highest BCUT2D eigenvalue weighted by atomic mass is 32.1. The van der Waals surface area contributed by atoms with E-state index >= 15 is 0 Å². The standard InChI is InChI=1S/C13H15N3O2S/c1-8-4-10-12(14-7-15-13(10)19-8)16(6-11(17)18)5-9-2-3-9/h4,7,9H,2-3,5-6H2,1H3,(H,17,18). The minimum absolute atomic E-state index is 0.00247. The normalized spacial score (nSPS) is 14.8. The van der Waals surface area contributed by atoms with E-state index in [1.54, 1.807) is 11.3 Å². The first-order chi connectivity index (χ1) is 9.13. The molecule has 0 aromatic carbocycles. The van der Waals surface area contributed by atoms with Crippen LogP contribution in [0.1, 0.15) is 17.7 Å². The highest BCUT2D eigenvalue weighted by molar-refractivity contribution is 7.18. The van der Waals surface area contributed by atoms with Crippen molar-refractivity contribution < 1.29 is 9.90 Å². The van der Waals surface area contributed by atoms with E-state index in [9.17, 15) is 4.79 Å². The van der Waals surface area contributed by atoms with Crippen LogP contribution in [-0.2, 0) is 4.79 Å². The Hall–Kier alpha value is -1.69. The number of carboxylic acid groups (broad SMARTS) is 1. The molecule has 2 aromatic rings. The lowest BCUT2D eigenvalue weighted by Gasteiger charge is -2.21. The number of aromatic nitrogens is 2. The maximum absolute atomic E-state index is 11.0. The maximum atomic E-state index is 11.0. The van der Waals surface area contributed by atoms with Gasteiger partial charge in [-0.2, -0.15) is 0 Å². The van der Waals surface area contributed by atoms with E-state index in [2.05, 4.69) is 9.97 Å². The average molecular weight is 277 g/mol. The Balaban J connectivity index is 1.99. The van der Waals surface area contributed by atoms with Gasteiger partial charge in [-0.3, -0.25) is 4.79 Å². The lowest BCUT2D eigenvalue weighted by atomic mass is 10.3. The van der Waals surface area contributed by atoms with Crippen LogP contribution in [0.4, 0.5) is 5.82 Å². The Morgan fingerprint density at radius 2 is 2.32 bits per heavy atom. The zero-order valence-corrected chi connectivity index (χ0v) is 11.5. The first kappa shape index (κ1) is 12.3. The number of hydrogen-bond donors (Lipinski definition) is 1. The van der Waals surface area contributed by atoms with E-state index < -0.39 is 5.97 Å². The summed E-state index contributed by atoms with van der Waals surface area (Å²) >= 11 is 1.61. The fourth-order valence-electron chi connectivity index (χ4n) is 2.22. The van der Waals surface area contributed by atoms with Crippen LogP contribution < -0.4 is 4.90 Å². The minimum Gasteiger partial charge on any atom is -0.480 e. The van der Waals surface area contributed by atoms with Gasteiger partial charge in [0.25, 0.3) is 0 Å². The molecule has 0 atom stereocenters. The van der Waals surface area contributed by atoms with Crippen LogP contribution in [0.5, 0.6) is 0 Å². The predicted octanol–water partition coefficient (Wildman–Crippen LogP) is 2.30. The zero-order chi connectivity index (χ0) is 13.4. The van der Waals surface area contributed by atoms with Crippen LogP contribution >= 0.6 is 11.3 Å². The Morgan fingerprint density at radius 1 is 1.53 bits per heavy atom. The number of fused-ring (bicyclic) bond motifs is 1. The molecule has 5 nitrogen and oxygen atoms in total. The third-order valence-electron chi connectivity index (χ3n) is 3.23. The first-order valence-electron chi connectivity index (χ1n) is 6.31. The van der Waals surface area contributed by atoms with E-state index in [0.29, 0.717) is 5.92 Å². The summed E-state index contributed by atoms with van der Waals surface area (Å²) in [6.45, 7) is 2.80. The Bertz CT molecular complexity index is 621. The monoisotopic (exact) mass is 277 g/mol. The maximum Gasteiger partial charge on any atom is 0.323 e. The topological polar surface area (TPSA) is 66.3 Å². The molecule has 19 heavy (non-hydrogen) atoms. The van der Waals surface area contributed by atoms with Gasteiger partial charge in [0.2, 0.25) is 0 Å². The van der Waals surface area contributed by atoms with Crippen LogP contribution in [0.2, 0.25) is 0 Å². The van der Waals surface area contributed by atoms with Crippen LogP contribution in [0.25, 0.3) is 10.2 Å². The molecule has 100 valence electrons. The summed E-state index contributed by atoms with van der Waals surface area (Å²) in [6.07, 6.45) is 3.90. The molecule has 1 aliphatic rings. The summed E-state index contributed by atoms with van der Waals surface area (Å²) in [5, 5.41) is 10.0. The molecule has 0 bridgehead atoms. The Morgan fingerprint density at radius 3 is 3.00 bits per heavy atom. The summed E-state index contributed by atoms with van der Waals surface area (Å²) in [5.41, 5.74) is 0. The molecule has 0 unspecified atom stereocenters. The third-order valence-corrected chi connectivity index (χ3v) is 4.19. The number of anilines is 1. The van der Waals surface area contributed by atoms with Crippen LogP contribution in [0, 0.1) is 12.8 Å². The molecular formula is C13H15N3O2S. The van der Waals surface area contributed by atoms with Crippen molar-refractivity contribution in [2.45, 2.75) is 19.8 Å². The van der Waals surface area contributed by atoms with Crippen molar-refractivity contribution in [1.29, 1.82) is 0 Å². The van der Waals surface area contributed by atoms with Crippen molar-refractivity contribution in [2.75, 3.05) is 18.0 Å². The van der Waals surface area contributed by atoms with Gasteiger partial charge >= 0.3 is 5.97 Å². The third kappa shape index (κ3) is 2.68. The highest BCUT2D eigenvalue weighted by Gasteiger charge is 2.27. The van der Waals surface area contributed by atoms with Gasteiger partial charge in [-0.1, -0.05) is 0 Å². The van der Waals surface area contributed by atoms with Crippen LogP contribution in [0.15, 0.2) is 12.4 Å². The number of thiophene rings is 1. The van der Waals surface area contributed by atoms with E-state index in [1.807, 2.05) is 17.9 Å². The summed E-state index contributed by atoms with van der Waals surface area (Å²) in [6, 6.07) is 2.04. The molecule has 0 aliphatic heterocycles. The van der Waals surface area contributed by atoms with Crippen molar-refractivity contribution in [3.05, 3.63) is 17.3 Å². The molecule has 1 N–H and O–H groups in total. The summed E-state index contributed by atoms with van der Waals surface area (Å²) in [4.78, 5) is 23.6. The van der Waals surface area contributed by atoms with E-state index in [-0.39, 0.29) is 6.54 Å². The largest absolute Gasteiger partial charge is 0.480 e. The number of aryl methyl sites for hydroxylation is 1. The Kier molecular flexibility index (Phi) is 3.10. The minimum atomic E-state index is -0.820. The smallest absolute Gasteiger partial charge is 0.323 e. The molecule has 2 aromatic heterocycles. The van der Waals surface area contributed by atoms with Crippen molar-refractivity contribution in [3.8, 4) is 0 Å². The second-order valence-corrected chi connectivity index (χ2v) is 6.23. The molecule has 3 rings (SSSR count). The second-order valence-electron chi connectivity index (χ2n) is 4.99. The molecule has 1 fully saturated rings. The highest BCUT2D eigenvalue weighted by Crippen LogP contribution is 2.34. The lowest BCUT2D eigenvalue weighted by Crippen LogP contribution is -2.32. The van der Waals surface area contributed by atoms with Gasteiger partial charge < -0.3 is 10.0 Å². The lowest BCUT2D eigenvalue weighted by molar-refractivity contribution is -0.135. The molecule has 1 saturated carbocycles. The van der Waals surface area contributed by atoms with Crippen LogP contribution in [-0.4, -0.2) is 34.1 Å². The quantitative estimate of drug-likeness (QED) is 0.908. The molecular weight excluding hydrogens is 262 g/mol. The molecule has 0 saturated heterocycles. The van der Waals surface area contributed by atoms with Crippen LogP contribution in [0.3, 0.4) is 0 Å². The van der Waals surface area contributed by atoms with Crippen molar-refractivity contribution in [2.24, 2.45) is 5.92 Å². The summed E-state index contributed by atoms with van der Waals surface area (Å²) < 4.78 is 0. The summed E-state index contributed by atoms with van der Waals surface area (Å²) in [5.74, 6) is 0.548. The van der Waals surface area contributed by atoms with E-state index in [1.165, 1.54) is 24.0 Å². The molecule has 6 heteroatoms. The SMILES string of the molecule is Cc1cc2c(N(CC(=O)O)CC3CC3)ncnc2s1. The molecule has 0 amide bonds. The van der Waals surface area contributed by atoms with E-state index in [0.717, 1.165) is 22.6 Å². The van der Waals surface area contributed by atoms with Gasteiger partial charge in [-0.25, -0.2) is 9.97 Å². The Labute approximate surface area is 114 Å². The van der Waals surface area contributed by atoms with Gasteiger partial charge in [0.15, 0.2) is 0 Å². The van der Waals surface area contributed by atoms with Gasteiger partial charge in [0, 0.05) is 11.4 Å². The van der Waals surface area contributed by atoms with Gasteiger partial charge in [-0.05, 0) is 31.7 Å². The zero-order valence-electron chi connectivity index (χ0n) is 10.7. The fourth-order valence-corrected chi connectivity index (χ4v) is 3.06. The molecule has 0 spiro atoms. The second kappa shape index (κ2) is 4.77. The number of carboxylic acids is 1. The predicted molar refractivity (Wildman–Crippen MR) is 74.7 cm³/mol.